The minimum Gasteiger partial charge on any atom is -1.00 e. The Kier molecular flexibility index (Phi) is 10.5. The van der Waals surface area contributed by atoms with Crippen molar-refractivity contribution in [3.05, 3.63) is 127 Å². The van der Waals surface area contributed by atoms with Gasteiger partial charge in [0, 0.05) is 0 Å². The number of aryl methyl sites for hydroxylation is 3. The topological polar surface area (TPSA) is 0 Å². The number of halogens is 3. The third-order valence-electron chi connectivity index (χ3n) is 6.17. The maximum absolute atomic E-state index is 2.39. The molecule has 164 valence electrons. The van der Waals surface area contributed by atoms with E-state index in [1.165, 1.54) is 48.4 Å². The van der Waals surface area contributed by atoms with Crippen LogP contribution in [0.1, 0.15) is 46.7 Å². The first-order chi connectivity index (χ1) is 13.9. The van der Waals surface area contributed by atoms with Crippen LogP contribution in [0.4, 0.5) is 0 Å². The third kappa shape index (κ3) is 5.11. The maximum Gasteiger partial charge on any atom is -1.00 e. The van der Waals surface area contributed by atoms with Crippen LogP contribution in [0.25, 0.3) is 0 Å². The second kappa shape index (κ2) is 11.7. The number of hydrogen-bond donors (Lipinski definition) is 0. The molecule has 4 rings (SSSR count). The van der Waals surface area contributed by atoms with E-state index >= 15 is 0 Å². The zero-order valence-electron chi connectivity index (χ0n) is 18.8. The molecule has 0 fully saturated rings. The van der Waals surface area contributed by atoms with Gasteiger partial charge in [0.2, 0.25) is 0 Å². The van der Waals surface area contributed by atoms with Crippen LogP contribution in [0.3, 0.4) is 0 Å². The summed E-state index contributed by atoms with van der Waals surface area (Å²) in [7, 11) is 0. The smallest absolute Gasteiger partial charge is 1.00 e. The summed E-state index contributed by atoms with van der Waals surface area (Å²) in [5.41, 5.74) is 10.6. The zero-order chi connectivity index (χ0) is 20.6. The Hall–Kier alpha value is -1.28. The Labute approximate surface area is 223 Å². The van der Waals surface area contributed by atoms with E-state index in [9.17, 15) is 0 Å². The normalized spacial score (nSPS) is 13.0. The van der Waals surface area contributed by atoms with E-state index in [2.05, 4.69) is 127 Å². The summed E-state index contributed by atoms with van der Waals surface area (Å²) in [6, 6.07) is 27.3. The van der Waals surface area contributed by atoms with Gasteiger partial charge in [-0.1, -0.05) is 0 Å². The molecule has 0 atom stereocenters. The van der Waals surface area contributed by atoms with Crippen LogP contribution in [0.5, 0.6) is 0 Å². The third-order valence-corrected chi connectivity index (χ3v) is 7.08. The van der Waals surface area contributed by atoms with Crippen molar-refractivity contribution in [2.75, 3.05) is 0 Å². The molecule has 3 aromatic carbocycles. The number of allylic oxidation sites excluding steroid dienone is 4. The molecule has 0 nitrogen and oxygen atoms in total. The summed E-state index contributed by atoms with van der Waals surface area (Å²) in [6.45, 7) is 8.88. The molecule has 3 aromatic rings. The van der Waals surface area contributed by atoms with Crippen molar-refractivity contribution in [3.63, 3.8) is 0 Å². The zero-order valence-corrected chi connectivity index (χ0v) is 22.7. The van der Waals surface area contributed by atoms with Crippen LogP contribution in [0.2, 0.25) is 0 Å². The molecular formula is C28H27Cl3Ti. The monoisotopic (exact) mass is 516 g/mol. The van der Waals surface area contributed by atoms with Gasteiger partial charge >= 0.3 is 187 Å². The van der Waals surface area contributed by atoms with Crippen molar-refractivity contribution >= 4 is 0 Å². The summed E-state index contributed by atoms with van der Waals surface area (Å²) < 4.78 is 1.40. The minimum atomic E-state index is -0.289. The molecule has 1 aliphatic rings. The molecule has 0 N–H and O–H groups in total. The Balaban J connectivity index is 0.00000171. The first-order valence-corrected chi connectivity index (χ1v) is 11.0. The van der Waals surface area contributed by atoms with Crippen molar-refractivity contribution in [1.82, 2.24) is 0 Å². The molecule has 0 saturated carbocycles. The van der Waals surface area contributed by atoms with E-state index in [-0.39, 0.29) is 42.6 Å². The molecule has 0 radical (unpaired) electrons. The average molecular weight is 518 g/mol. The van der Waals surface area contributed by atoms with Gasteiger partial charge in [-0.15, -0.1) is 0 Å². The van der Waals surface area contributed by atoms with Gasteiger partial charge in [0.1, 0.15) is 0 Å². The number of hydrogen-bond acceptors (Lipinski definition) is 0. The second-order valence-corrected chi connectivity index (χ2v) is 9.13. The summed E-state index contributed by atoms with van der Waals surface area (Å²) in [4.78, 5) is 0. The maximum atomic E-state index is 2.39. The standard InChI is InChI=1S/C28H27.3ClH.Ti/c1-20-9-5-13-24(17-20)28(27-16-8-12-23(27)4,25-14-6-10-21(2)18-25)26-15-7-11-22(3)19-26;;;;/h5-11,13-15,17-19H,16H2,1-4H3;3*1H;/q;;;;+3/p-3. The Bertz CT molecular complexity index is 1030. The first kappa shape index (κ1) is 28.8. The van der Waals surface area contributed by atoms with Gasteiger partial charge < -0.3 is 37.2 Å². The molecule has 1 aliphatic carbocycles. The molecule has 0 spiro atoms. The fourth-order valence-electron chi connectivity index (χ4n) is 4.76. The molecular weight excluding hydrogens is 491 g/mol. The van der Waals surface area contributed by atoms with Crippen LogP contribution in [-0.4, -0.2) is 0 Å². The second-order valence-electron chi connectivity index (χ2n) is 8.28. The van der Waals surface area contributed by atoms with Crippen molar-refractivity contribution in [3.8, 4) is 0 Å². The molecule has 0 saturated heterocycles. The quantitative estimate of drug-likeness (QED) is 0.281. The van der Waals surface area contributed by atoms with Gasteiger partial charge in [0.05, 0.1) is 0 Å². The SMILES string of the molecule is CC1=C(C(c2cccc(C)c2)(c2cccc(C)c2)c2cccc(C)c2)CC=[C]1[Ti+3].[Cl-].[Cl-].[Cl-]. The van der Waals surface area contributed by atoms with Gasteiger partial charge in [-0.2, -0.15) is 0 Å². The van der Waals surface area contributed by atoms with Crippen molar-refractivity contribution < 1.29 is 57.7 Å². The fourth-order valence-corrected chi connectivity index (χ4v) is 5.16. The van der Waals surface area contributed by atoms with E-state index in [0.29, 0.717) is 0 Å². The van der Waals surface area contributed by atoms with E-state index in [1.54, 1.807) is 0 Å². The minimum absolute atomic E-state index is 0. The summed E-state index contributed by atoms with van der Waals surface area (Å²) in [6.07, 6.45) is 3.38. The van der Waals surface area contributed by atoms with Gasteiger partial charge in [-0.05, 0) is 0 Å². The average Bonchev–Trinajstić information content (AvgIpc) is 3.02. The fraction of sp³-hybridized carbons (Fsp3) is 0.214. The van der Waals surface area contributed by atoms with Crippen LogP contribution in [0, 0.1) is 20.8 Å². The summed E-state index contributed by atoms with van der Waals surface area (Å²) >= 11 is 2.25. The van der Waals surface area contributed by atoms with E-state index in [0.717, 1.165) is 6.42 Å². The van der Waals surface area contributed by atoms with Crippen molar-refractivity contribution in [1.29, 1.82) is 0 Å². The molecule has 0 aliphatic heterocycles. The van der Waals surface area contributed by atoms with Crippen LogP contribution < -0.4 is 37.2 Å². The number of benzene rings is 3. The first-order valence-electron chi connectivity index (χ1n) is 10.3. The molecule has 0 amide bonds. The molecule has 0 unspecified atom stereocenters. The predicted molar refractivity (Wildman–Crippen MR) is 119 cm³/mol. The molecule has 4 heteroatoms. The van der Waals surface area contributed by atoms with E-state index < -0.39 is 0 Å². The van der Waals surface area contributed by atoms with Gasteiger partial charge in [-0.3, -0.25) is 0 Å². The molecule has 0 bridgehead atoms. The van der Waals surface area contributed by atoms with Crippen molar-refractivity contribution in [2.45, 2.75) is 39.5 Å². The summed E-state index contributed by atoms with van der Waals surface area (Å²) in [5.74, 6) is 0. The van der Waals surface area contributed by atoms with Crippen molar-refractivity contribution in [2.24, 2.45) is 0 Å². The van der Waals surface area contributed by atoms with Gasteiger partial charge in [-0.25, -0.2) is 0 Å². The molecule has 0 aromatic heterocycles. The van der Waals surface area contributed by atoms with Crippen LogP contribution in [0.15, 0.2) is 93.9 Å². The molecule has 32 heavy (non-hydrogen) atoms. The summed E-state index contributed by atoms with van der Waals surface area (Å²) in [5, 5.41) is 0. The van der Waals surface area contributed by atoms with Gasteiger partial charge in [0.25, 0.3) is 0 Å². The van der Waals surface area contributed by atoms with E-state index in [1.807, 2.05) is 0 Å². The Morgan fingerprint density at radius 1 is 0.625 bits per heavy atom. The largest absolute Gasteiger partial charge is 1.00 e. The Morgan fingerprint density at radius 3 is 1.28 bits per heavy atom. The predicted octanol–water partition coefficient (Wildman–Crippen LogP) is -1.89. The Morgan fingerprint density at radius 2 is 1.00 bits per heavy atom. The van der Waals surface area contributed by atoms with Gasteiger partial charge in [0.15, 0.2) is 0 Å². The van der Waals surface area contributed by atoms with E-state index in [4.69, 9.17) is 0 Å². The number of rotatable bonds is 4. The van der Waals surface area contributed by atoms with Crippen LogP contribution in [-0.2, 0) is 25.9 Å². The van der Waals surface area contributed by atoms with Crippen LogP contribution >= 0.6 is 0 Å². The molecule has 0 heterocycles.